The Labute approximate surface area is 159 Å². The molecule has 0 bridgehead atoms. The number of fused-ring (bicyclic) bond motifs is 1. The van der Waals surface area contributed by atoms with Gasteiger partial charge in [-0.05, 0) is 33.8 Å². The lowest BCUT2D eigenvalue weighted by atomic mass is 10.1. The molecule has 0 atom stereocenters. The van der Waals surface area contributed by atoms with Crippen LogP contribution < -0.4 is 10.9 Å². The van der Waals surface area contributed by atoms with Crippen molar-refractivity contribution >= 4 is 28.2 Å². The summed E-state index contributed by atoms with van der Waals surface area (Å²) in [7, 11) is 0. The second kappa shape index (κ2) is 6.87. The lowest BCUT2D eigenvalue weighted by Crippen LogP contribution is -2.33. The highest BCUT2D eigenvalue weighted by Crippen LogP contribution is 2.20. The van der Waals surface area contributed by atoms with Crippen molar-refractivity contribution in [3.05, 3.63) is 56.6 Å². The van der Waals surface area contributed by atoms with Crippen LogP contribution in [0.2, 0.25) is 0 Å². The lowest BCUT2D eigenvalue weighted by molar-refractivity contribution is -0.384. The zero-order valence-electron chi connectivity index (χ0n) is 16.0. The fourth-order valence-electron chi connectivity index (χ4n) is 2.87. The number of anilines is 1. The standard InChI is InChI=1S/C18H20N6O4/c1-11-14-9-19-23(18(2,3)4)16(14)17(26)22(21-11)10-15(25)20-12-6-5-7-13(8-12)24(27)28/h5-9H,10H2,1-4H3,(H,20,25). The number of benzene rings is 1. The van der Waals surface area contributed by atoms with Gasteiger partial charge >= 0.3 is 0 Å². The Bertz CT molecular complexity index is 1140. The topological polar surface area (TPSA) is 125 Å². The van der Waals surface area contributed by atoms with Gasteiger partial charge in [-0.1, -0.05) is 6.07 Å². The average Bonchev–Trinajstić information content (AvgIpc) is 3.06. The van der Waals surface area contributed by atoms with Crippen LogP contribution in [0.1, 0.15) is 26.5 Å². The van der Waals surface area contributed by atoms with Gasteiger partial charge in [0.1, 0.15) is 12.1 Å². The lowest BCUT2D eigenvalue weighted by Gasteiger charge is -2.20. The van der Waals surface area contributed by atoms with Crippen LogP contribution in [0.15, 0.2) is 35.3 Å². The van der Waals surface area contributed by atoms with E-state index in [9.17, 15) is 19.7 Å². The molecule has 2 heterocycles. The van der Waals surface area contributed by atoms with Gasteiger partial charge in [0.15, 0.2) is 0 Å². The quantitative estimate of drug-likeness (QED) is 0.543. The molecular formula is C18H20N6O4. The second-order valence-electron chi connectivity index (χ2n) is 7.39. The summed E-state index contributed by atoms with van der Waals surface area (Å²) in [5, 5.41) is 22.5. The number of hydrogen-bond acceptors (Lipinski definition) is 6. The molecule has 0 radical (unpaired) electrons. The van der Waals surface area contributed by atoms with Crippen LogP contribution in [-0.2, 0) is 16.9 Å². The Balaban J connectivity index is 1.93. The molecule has 1 N–H and O–H groups in total. The molecule has 146 valence electrons. The van der Waals surface area contributed by atoms with E-state index in [1.807, 2.05) is 20.8 Å². The van der Waals surface area contributed by atoms with E-state index in [4.69, 9.17) is 0 Å². The monoisotopic (exact) mass is 384 g/mol. The fourth-order valence-corrected chi connectivity index (χ4v) is 2.87. The highest BCUT2D eigenvalue weighted by molar-refractivity contribution is 5.91. The number of rotatable bonds is 4. The molecule has 10 nitrogen and oxygen atoms in total. The number of non-ortho nitro benzene ring substituents is 1. The summed E-state index contributed by atoms with van der Waals surface area (Å²) < 4.78 is 2.70. The summed E-state index contributed by atoms with van der Waals surface area (Å²) in [6.07, 6.45) is 1.60. The van der Waals surface area contributed by atoms with Crippen molar-refractivity contribution in [1.82, 2.24) is 19.6 Å². The fraction of sp³-hybridized carbons (Fsp3) is 0.333. The number of nitrogens with zero attached hydrogens (tertiary/aromatic N) is 5. The minimum absolute atomic E-state index is 0.139. The Kier molecular flexibility index (Phi) is 4.72. The molecule has 0 aliphatic carbocycles. The summed E-state index contributed by atoms with van der Waals surface area (Å²) in [6, 6.07) is 5.57. The summed E-state index contributed by atoms with van der Waals surface area (Å²) in [5.41, 5.74) is 0.237. The van der Waals surface area contributed by atoms with E-state index in [1.165, 1.54) is 24.3 Å². The minimum atomic E-state index is -0.549. The number of nitrogens with one attached hydrogen (secondary N) is 1. The van der Waals surface area contributed by atoms with E-state index in [2.05, 4.69) is 15.5 Å². The van der Waals surface area contributed by atoms with Gasteiger partial charge in [0, 0.05) is 23.2 Å². The van der Waals surface area contributed by atoms with Crippen molar-refractivity contribution in [2.24, 2.45) is 0 Å². The Morgan fingerprint density at radius 1 is 1.32 bits per heavy atom. The maximum atomic E-state index is 12.9. The van der Waals surface area contributed by atoms with E-state index in [-0.39, 0.29) is 17.9 Å². The van der Waals surface area contributed by atoms with Gasteiger partial charge in [-0.3, -0.25) is 24.4 Å². The first kappa shape index (κ1) is 19.2. The molecule has 10 heteroatoms. The molecule has 0 saturated heterocycles. The van der Waals surface area contributed by atoms with Crippen LogP contribution in [0, 0.1) is 17.0 Å². The van der Waals surface area contributed by atoms with Gasteiger partial charge in [0.2, 0.25) is 5.91 Å². The van der Waals surface area contributed by atoms with Crippen molar-refractivity contribution in [3.63, 3.8) is 0 Å². The van der Waals surface area contributed by atoms with Crippen molar-refractivity contribution in [2.45, 2.75) is 39.8 Å². The zero-order chi connectivity index (χ0) is 20.6. The van der Waals surface area contributed by atoms with E-state index < -0.39 is 21.9 Å². The molecule has 3 aromatic rings. The van der Waals surface area contributed by atoms with Crippen molar-refractivity contribution in [2.75, 3.05) is 5.32 Å². The Morgan fingerprint density at radius 3 is 2.68 bits per heavy atom. The zero-order valence-corrected chi connectivity index (χ0v) is 16.0. The first-order valence-electron chi connectivity index (χ1n) is 8.58. The molecule has 0 saturated carbocycles. The van der Waals surface area contributed by atoms with Gasteiger partial charge in [-0.15, -0.1) is 0 Å². The van der Waals surface area contributed by atoms with Crippen LogP contribution in [-0.4, -0.2) is 30.4 Å². The molecule has 0 fully saturated rings. The molecule has 1 aromatic carbocycles. The molecule has 2 aromatic heterocycles. The number of nitro benzene ring substituents is 1. The van der Waals surface area contributed by atoms with Gasteiger partial charge in [0.25, 0.3) is 11.2 Å². The normalized spacial score (nSPS) is 11.6. The van der Waals surface area contributed by atoms with Crippen LogP contribution >= 0.6 is 0 Å². The summed E-state index contributed by atoms with van der Waals surface area (Å²) in [5.74, 6) is -0.518. The van der Waals surface area contributed by atoms with Gasteiger partial charge in [-0.2, -0.15) is 10.2 Å². The van der Waals surface area contributed by atoms with E-state index in [1.54, 1.807) is 17.8 Å². The summed E-state index contributed by atoms with van der Waals surface area (Å²) in [6.45, 7) is 7.19. The van der Waals surface area contributed by atoms with Crippen LogP contribution in [0.25, 0.3) is 10.9 Å². The van der Waals surface area contributed by atoms with Crippen molar-refractivity contribution in [3.8, 4) is 0 Å². The van der Waals surface area contributed by atoms with Crippen LogP contribution in [0.5, 0.6) is 0 Å². The number of carbonyl (C=O) groups excluding carboxylic acids is 1. The number of amides is 1. The van der Waals surface area contributed by atoms with Gasteiger partial charge < -0.3 is 5.32 Å². The summed E-state index contributed by atoms with van der Waals surface area (Å²) in [4.78, 5) is 35.6. The van der Waals surface area contributed by atoms with Crippen LogP contribution in [0.3, 0.4) is 0 Å². The van der Waals surface area contributed by atoms with E-state index in [0.717, 1.165) is 4.68 Å². The maximum absolute atomic E-state index is 12.9. The Hall–Kier alpha value is -3.56. The largest absolute Gasteiger partial charge is 0.324 e. The van der Waals surface area contributed by atoms with Crippen molar-refractivity contribution < 1.29 is 9.72 Å². The van der Waals surface area contributed by atoms with Gasteiger partial charge in [0.05, 0.1) is 22.4 Å². The SMILES string of the molecule is Cc1nn(CC(=O)Nc2cccc([N+](=O)[O-])c2)c(=O)c2c1cnn2C(C)(C)C. The number of nitro groups is 1. The minimum Gasteiger partial charge on any atom is -0.324 e. The maximum Gasteiger partial charge on any atom is 0.293 e. The van der Waals surface area contributed by atoms with Crippen LogP contribution in [0.4, 0.5) is 11.4 Å². The number of carbonyl (C=O) groups is 1. The molecule has 0 aliphatic heterocycles. The summed E-state index contributed by atoms with van der Waals surface area (Å²) >= 11 is 0. The molecular weight excluding hydrogens is 364 g/mol. The number of aryl methyl sites for hydroxylation is 1. The average molecular weight is 384 g/mol. The number of hydrogen-bond donors (Lipinski definition) is 1. The highest BCUT2D eigenvalue weighted by Gasteiger charge is 2.22. The second-order valence-corrected chi connectivity index (χ2v) is 7.39. The van der Waals surface area contributed by atoms with Crippen molar-refractivity contribution in [1.29, 1.82) is 0 Å². The van der Waals surface area contributed by atoms with Gasteiger partial charge in [-0.25, -0.2) is 4.68 Å². The third-order valence-electron chi connectivity index (χ3n) is 4.14. The molecule has 0 aliphatic rings. The Morgan fingerprint density at radius 2 is 2.04 bits per heavy atom. The predicted octanol–water partition coefficient (Wildman–Crippen LogP) is 2.20. The predicted molar refractivity (Wildman–Crippen MR) is 103 cm³/mol. The van der Waals surface area contributed by atoms with E-state index in [0.29, 0.717) is 16.6 Å². The molecule has 1 amide bonds. The molecule has 0 spiro atoms. The molecule has 0 unspecified atom stereocenters. The number of aromatic nitrogens is 4. The molecule has 3 rings (SSSR count). The first-order chi connectivity index (χ1) is 13.1. The third kappa shape index (κ3) is 3.61. The first-order valence-corrected chi connectivity index (χ1v) is 8.58. The smallest absolute Gasteiger partial charge is 0.293 e. The highest BCUT2D eigenvalue weighted by atomic mass is 16.6. The molecule has 28 heavy (non-hydrogen) atoms. The van der Waals surface area contributed by atoms with E-state index >= 15 is 0 Å². The third-order valence-corrected chi connectivity index (χ3v) is 4.14.